The van der Waals surface area contributed by atoms with E-state index in [1.54, 1.807) is 0 Å². The summed E-state index contributed by atoms with van der Waals surface area (Å²) in [5.74, 6) is -2.81. The second-order valence-corrected chi connectivity index (χ2v) is 3.67. The lowest BCUT2D eigenvalue weighted by Gasteiger charge is -2.04. The van der Waals surface area contributed by atoms with Gasteiger partial charge in [-0.2, -0.15) is 0 Å². The van der Waals surface area contributed by atoms with Crippen LogP contribution in [-0.4, -0.2) is 27.1 Å². The zero-order valence-electron chi connectivity index (χ0n) is 7.15. The minimum absolute atomic E-state index is 0.237. The number of aromatic nitrogens is 1. The van der Waals surface area contributed by atoms with Gasteiger partial charge in [0.25, 0.3) is 0 Å². The molecule has 0 fully saturated rings. The van der Waals surface area contributed by atoms with Crippen molar-refractivity contribution in [2.75, 3.05) is 0 Å². The van der Waals surface area contributed by atoms with Gasteiger partial charge in [0.05, 0.1) is 5.56 Å². The van der Waals surface area contributed by atoms with E-state index in [2.05, 4.69) is 4.98 Å². The van der Waals surface area contributed by atoms with Gasteiger partial charge in [0, 0.05) is 11.8 Å². The number of pyridine rings is 1. The molecule has 7 heteroatoms. The molecule has 0 aliphatic carbocycles. The summed E-state index contributed by atoms with van der Waals surface area (Å²) < 4.78 is 0. The molecule has 0 unspecified atom stereocenters. The summed E-state index contributed by atoms with van der Waals surface area (Å²) in [5, 5.41) is 17.4. The molecule has 1 heterocycles. The highest BCUT2D eigenvalue weighted by molar-refractivity contribution is 6.44. The average molecular weight is 250 g/mol. The van der Waals surface area contributed by atoms with E-state index in [-0.39, 0.29) is 5.56 Å². The van der Waals surface area contributed by atoms with Crippen molar-refractivity contribution < 1.29 is 19.8 Å². The van der Waals surface area contributed by atoms with E-state index in [0.717, 1.165) is 12.3 Å². The molecule has 1 rings (SSSR count). The first kappa shape index (κ1) is 11.7. The fraction of sp³-hybridized carbons (Fsp3) is 0.125. The van der Waals surface area contributed by atoms with Gasteiger partial charge in [-0.15, -0.1) is 23.2 Å². The van der Waals surface area contributed by atoms with E-state index in [1.807, 2.05) is 0 Å². The maximum absolute atomic E-state index is 10.7. The van der Waals surface area contributed by atoms with E-state index in [9.17, 15) is 9.59 Å². The third kappa shape index (κ3) is 2.57. The third-order valence-corrected chi connectivity index (χ3v) is 2.10. The fourth-order valence-electron chi connectivity index (χ4n) is 0.934. The van der Waals surface area contributed by atoms with Crippen LogP contribution in [0.3, 0.4) is 0 Å². The average Bonchev–Trinajstić information content (AvgIpc) is 2.16. The van der Waals surface area contributed by atoms with Crippen LogP contribution in [0.5, 0.6) is 0 Å². The molecule has 15 heavy (non-hydrogen) atoms. The quantitative estimate of drug-likeness (QED) is 0.800. The van der Waals surface area contributed by atoms with E-state index in [1.165, 1.54) is 0 Å². The van der Waals surface area contributed by atoms with Crippen LogP contribution in [0.1, 0.15) is 31.2 Å². The zero-order valence-corrected chi connectivity index (χ0v) is 8.66. The number of hydrogen-bond donors (Lipinski definition) is 2. The number of carbonyl (C=O) groups is 2. The van der Waals surface area contributed by atoms with Gasteiger partial charge in [-0.1, -0.05) is 0 Å². The highest BCUT2D eigenvalue weighted by Gasteiger charge is 2.19. The molecule has 0 aliphatic heterocycles. The zero-order chi connectivity index (χ0) is 11.6. The van der Waals surface area contributed by atoms with Crippen molar-refractivity contribution in [2.24, 2.45) is 0 Å². The summed E-state index contributed by atoms with van der Waals surface area (Å²) in [6.45, 7) is 0. The van der Waals surface area contributed by atoms with Gasteiger partial charge in [0.2, 0.25) is 0 Å². The van der Waals surface area contributed by atoms with Crippen molar-refractivity contribution >= 4 is 35.1 Å². The van der Waals surface area contributed by atoms with E-state index < -0.39 is 28.0 Å². The van der Waals surface area contributed by atoms with Gasteiger partial charge in [-0.25, -0.2) is 14.6 Å². The normalized spacial score (nSPS) is 10.3. The number of carboxylic acid groups (broad SMARTS) is 2. The number of rotatable bonds is 3. The maximum atomic E-state index is 10.7. The molecule has 1 aromatic heterocycles. The molecule has 0 aromatic carbocycles. The lowest BCUT2D eigenvalue weighted by molar-refractivity contribution is 0.0646. The Hall–Kier alpha value is -1.33. The summed E-state index contributed by atoms with van der Waals surface area (Å²) >= 11 is 11.0. The first-order valence-corrected chi connectivity index (χ1v) is 4.55. The molecule has 1 aromatic rings. The summed E-state index contributed by atoms with van der Waals surface area (Å²) in [5.41, 5.74) is -0.743. The summed E-state index contributed by atoms with van der Waals surface area (Å²) in [6, 6.07) is 1.09. The number of carboxylic acids is 2. The Balaban J connectivity index is 3.33. The number of aromatic carboxylic acids is 2. The first-order chi connectivity index (χ1) is 6.93. The van der Waals surface area contributed by atoms with Gasteiger partial charge in [0.15, 0.2) is 5.69 Å². The third-order valence-electron chi connectivity index (χ3n) is 1.59. The second kappa shape index (κ2) is 4.46. The Morgan fingerprint density at radius 2 is 1.87 bits per heavy atom. The molecule has 0 amide bonds. The lowest BCUT2D eigenvalue weighted by atomic mass is 10.1. The van der Waals surface area contributed by atoms with Crippen LogP contribution in [0.15, 0.2) is 12.3 Å². The number of hydrogen-bond acceptors (Lipinski definition) is 3. The molecule has 0 saturated heterocycles. The first-order valence-electron chi connectivity index (χ1n) is 3.68. The fourth-order valence-corrected chi connectivity index (χ4v) is 1.17. The van der Waals surface area contributed by atoms with Crippen LogP contribution < -0.4 is 0 Å². The highest BCUT2D eigenvalue weighted by Crippen LogP contribution is 2.25. The van der Waals surface area contributed by atoms with Crippen molar-refractivity contribution in [3.05, 3.63) is 29.1 Å². The van der Waals surface area contributed by atoms with E-state index >= 15 is 0 Å². The summed E-state index contributed by atoms with van der Waals surface area (Å²) in [6.07, 6.45) is 1.13. The van der Waals surface area contributed by atoms with Gasteiger partial charge in [0.1, 0.15) is 4.84 Å². The van der Waals surface area contributed by atoms with Gasteiger partial charge >= 0.3 is 11.9 Å². The van der Waals surface area contributed by atoms with Crippen LogP contribution in [0.2, 0.25) is 0 Å². The van der Waals surface area contributed by atoms with Crippen LogP contribution in [0.25, 0.3) is 0 Å². The van der Waals surface area contributed by atoms with Crippen molar-refractivity contribution in [3.63, 3.8) is 0 Å². The molecule has 0 atom stereocenters. The Morgan fingerprint density at radius 3 is 2.27 bits per heavy atom. The minimum atomic E-state index is -1.42. The molecule has 0 spiro atoms. The number of alkyl halides is 2. The smallest absolute Gasteiger partial charge is 0.355 e. The molecule has 0 aliphatic rings. The highest BCUT2D eigenvalue weighted by atomic mass is 35.5. The molecular weight excluding hydrogens is 245 g/mol. The summed E-state index contributed by atoms with van der Waals surface area (Å²) in [4.78, 5) is 23.9. The van der Waals surface area contributed by atoms with Crippen molar-refractivity contribution in [2.45, 2.75) is 4.84 Å². The minimum Gasteiger partial charge on any atom is -0.478 e. The van der Waals surface area contributed by atoms with Crippen LogP contribution >= 0.6 is 23.2 Å². The largest absolute Gasteiger partial charge is 0.478 e. The van der Waals surface area contributed by atoms with Crippen molar-refractivity contribution in [1.82, 2.24) is 4.98 Å². The number of halogens is 2. The van der Waals surface area contributed by atoms with E-state index in [0.29, 0.717) is 0 Å². The molecule has 5 nitrogen and oxygen atoms in total. The van der Waals surface area contributed by atoms with Crippen LogP contribution in [-0.2, 0) is 0 Å². The van der Waals surface area contributed by atoms with Crippen molar-refractivity contribution in [1.29, 1.82) is 0 Å². The second-order valence-electron chi connectivity index (χ2n) is 2.58. The predicted octanol–water partition coefficient (Wildman–Crippen LogP) is 1.95. The Kier molecular flexibility index (Phi) is 3.49. The van der Waals surface area contributed by atoms with Crippen LogP contribution in [0.4, 0.5) is 0 Å². The van der Waals surface area contributed by atoms with E-state index in [4.69, 9.17) is 33.4 Å². The monoisotopic (exact) mass is 249 g/mol. The van der Waals surface area contributed by atoms with Crippen LogP contribution in [0, 0.1) is 0 Å². The van der Waals surface area contributed by atoms with Gasteiger partial charge < -0.3 is 10.2 Å². The molecule has 0 saturated carbocycles. The Bertz CT molecular complexity index is 419. The van der Waals surface area contributed by atoms with Crippen molar-refractivity contribution in [3.8, 4) is 0 Å². The standard InChI is InChI=1S/C8H5Cl2NO4/c9-6(10)3-1-4(7(12)13)5(8(14)15)11-2-3/h1-2,6H,(H,12,13)(H,14,15). The molecule has 0 radical (unpaired) electrons. The SMILES string of the molecule is O=C(O)c1cc(C(Cl)Cl)cnc1C(=O)O. The lowest BCUT2D eigenvalue weighted by Crippen LogP contribution is -2.11. The van der Waals surface area contributed by atoms with Gasteiger partial charge in [-0.05, 0) is 6.07 Å². The number of nitrogens with zero attached hydrogens (tertiary/aromatic N) is 1. The van der Waals surface area contributed by atoms with Gasteiger partial charge in [-0.3, -0.25) is 0 Å². The predicted molar refractivity (Wildman–Crippen MR) is 52.6 cm³/mol. The molecule has 80 valence electrons. The molecule has 0 bridgehead atoms. The topological polar surface area (TPSA) is 87.5 Å². The summed E-state index contributed by atoms with van der Waals surface area (Å²) in [7, 11) is 0. The maximum Gasteiger partial charge on any atom is 0.355 e. The molecular formula is C8H5Cl2NO4. The molecule has 2 N–H and O–H groups in total. The Morgan fingerprint density at radius 1 is 1.27 bits per heavy atom. The Labute approximate surface area is 94.3 Å².